The van der Waals surface area contributed by atoms with Crippen LogP contribution in [0.15, 0.2) is 0 Å². The minimum Gasteiger partial charge on any atom is -0.324 e. The van der Waals surface area contributed by atoms with Crippen LogP contribution in [0.4, 0.5) is 0 Å². The van der Waals surface area contributed by atoms with Crippen LogP contribution in [-0.2, 0) is 4.79 Å². The molecule has 0 radical (unpaired) electrons. The highest BCUT2D eigenvalue weighted by Gasteiger charge is 2.44. The molecule has 1 heterocycles. The zero-order valence-electron chi connectivity index (χ0n) is 8.71. The SMILES string of the molecule is CN(CN1C(=O)CC1(C)C)C1CC1. The Hall–Kier alpha value is -0.570. The van der Waals surface area contributed by atoms with Crippen LogP contribution in [-0.4, -0.2) is 41.0 Å². The van der Waals surface area contributed by atoms with Crippen LogP contribution in [0.2, 0.25) is 0 Å². The molecule has 0 unspecified atom stereocenters. The Kier molecular flexibility index (Phi) is 1.88. The van der Waals surface area contributed by atoms with Gasteiger partial charge in [0.25, 0.3) is 0 Å². The van der Waals surface area contributed by atoms with Crippen LogP contribution in [0.5, 0.6) is 0 Å². The molecule has 0 aromatic rings. The molecule has 1 saturated heterocycles. The van der Waals surface area contributed by atoms with Crippen molar-refractivity contribution in [3.8, 4) is 0 Å². The van der Waals surface area contributed by atoms with E-state index in [-0.39, 0.29) is 5.54 Å². The molecule has 2 fully saturated rings. The Balaban J connectivity index is 1.89. The molecular formula is C10H18N2O. The van der Waals surface area contributed by atoms with Crippen LogP contribution < -0.4 is 0 Å². The van der Waals surface area contributed by atoms with E-state index in [0.717, 1.165) is 12.7 Å². The molecule has 0 aromatic carbocycles. The van der Waals surface area contributed by atoms with Gasteiger partial charge < -0.3 is 4.90 Å². The van der Waals surface area contributed by atoms with Crippen molar-refractivity contribution >= 4 is 5.91 Å². The number of carbonyl (C=O) groups excluding carboxylic acids is 1. The minimum absolute atomic E-state index is 0.0975. The van der Waals surface area contributed by atoms with E-state index in [1.54, 1.807) is 0 Å². The van der Waals surface area contributed by atoms with E-state index in [9.17, 15) is 4.79 Å². The molecule has 3 heteroatoms. The Morgan fingerprint density at radius 1 is 1.54 bits per heavy atom. The average molecular weight is 182 g/mol. The van der Waals surface area contributed by atoms with Gasteiger partial charge in [-0.1, -0.05) is 0 Å². The lowest BCUT2D eigenvalue weighted by atomic mass is 9.89. The first-order chi connectivity index (χ1) is 6.00. The van der Waals surface area contributed by atoms with E-state index in [0.29, 0.717) is 12.3 Å². The number of hydrogen-bond donors (Lipinski definition) is 0. The van der Waals surface area contributed by atoms with E-state index in [2.05, 4.69) is 25.8 Å². The summed E-state index contributed by atoms with van der Waals surface area (Å²) in [6.07, 6.45) is 3.32. The van der Waals surface area contributed by atoms with Crippen molar-refractivity contribution in [2.24, 2.45) is 0 Å². The van der Waals surface area contributed by atoms with Gasteiger partial charge in [0.15, 0.2) is 0 Å². The van der Waals surface area contributed by atoms with Crippen LogP contribution >= 0.6 is 0 Å². The number of likely N-dealkylation sites (tertiary alicyclic amines) is 1. The maximum atomic E-state index is 11.3. The molecule has 13 heavy (non-hydrogen) atoms. The summed E-state index contributed by atoms with van der Waals surface area (Å²) in [6, 6.07) is 0.740. The van der Waals surface area contributed by atoms with Gasteiger partial charge in [0.2, 0.25) is 5.91 Å². The number of β-lactam (4-membered cyclic amide) rings is 1. The Labute approximate surface area is 79.7 Å². The summed E-state index contributed by atoms with van der Waals surface area (Å²) in [5.41, 5.74) is 0.0975. The molecule has 0 bridgehead atoms. The van der Waals surface area contributed by atoms with Gasteiger partial charge in [-0.2, -0.15) is 0 Å². The first-order valence-corrected chi connectivity index (χ1v) is 5.01. The summed E-state index contributed by atoms with van der Waals surface area (Å²) in [6.45, 7) is 5.08. The van der Waals surface area contributed by atoms with Crippen molar-refractivity contribution in [2.75, 3.05) is 13.7 Å². The fourth-order valence-corrected chi connectivity index (χ4v) is 1.93. The topological polar surface area (TPSA) is 23.6 Å². The van der Waals surface area contributed by atoms with Crippen LogP contribution in [0, 0.1) is 0 Å². The third-order valence-electron chi connectivity index (χ3n) is 3.15. The minimum atomic E-state index is 0.0975. The molecule has 0 N–H and O–H groups in total. The lowest BCUT2D eigenvalue weighted by molar-refractivity contribution is -0.157. The summed E-state index contributed by atoms with van der Waals surface area (Å²) in [5, 5.41) is 0. The molecule has 1 aliphatic heterocycles. The van der Waals surface area contributed by atoms with Gasteiger partial charge in [0.05, 0.1) is 6.67 Å². The standard InChI is InChI=1S/C10H18N2O/c1-10(2)6-9(13)12(10)7-11(3)8-4-5-8/h8H,4-7H2,1-3H3. The fourth-order valence-electron chi connectivity index (χ4n) is 1.93. The van der Waals surface area contributed by atoms with Gasteiger partial charge >= 0.3 is 0 Å². The van der Waals surface area contributed by atoms with Crippen LogP contribution in [0.3, 0.4) is 0 Å². The Morgan fingerprint density at radius 2 is 2.15 bits per heavy atom. The lowest BCUT2D eigenvalue weighted by Gasteiger charge is -2.49. The second-order valence-electron chi connectivity index (χ2n) is 4.94. The van der Waals surface area contributed by atoms with E-state index in [1.807, 2.05) is 4.90 Å². The Morgan fingerprint density at radius 3 is 2.54 bits per heavy atom. The third kappa shape index (κ3) is 1.57. The van der Waals surface area contributed by atoms with Crippen molar-refractivity contribution in [2.45, 2.75) is 44.7 Å². The van der Waals surface area contributed by atoms with E-state index in [4.69, 9.17) is 0 Å². The predicted octanol–water partition coefficient (Wildman–Crippen LogP) is 1.05. The molecule has 0 aromatic heterocycles. The second-order valence-corrected chi connectivity index (χ2v) is 4.94. The highest BCUT2D eigenvalue weighted by atomic mass is 16.2. The fraction of sp³-hybridized carbons (Fsp3) is 0.900. The first-order valence-electron chi connectivity index (χ1n) is 5.01. The highest BCUT2D eigenvalue weighted by Crippen LogP contribution is 2.33. The molecule has 2 rings (SSSR count). The average Bonchev–Trinajstić information content (AvgIpc) is 2.81. The van der Waals surface area contributed by atoms with Gasteiger partial charge in [-0.15, -0.1) is 0 Å². The quantitative estimate of drug-likeness (QED) is 0.609. The number of hydrogen-bond acceptors (Lipinski definition) is 2. The summed E-state index contributed by atoms with van der Waals surface area (Å²) in [7, 11) is 2.11. The molecule has 1 amide bonds. The Bertz CT molecular complexity index is 233. The van der Waals surface area contributed by atoms with Gasteiger partial charge in [-0.3, -0.25) is 9.69 Å². The number of nitrogens with zero attached hydrogens (tertiary/aromatic N) is 2. The molecular weight excluding hydrogens is 164 g/mol. The van der Waals surface area contributed by atoms with Crippen molar-refractivity contribution in [3.05, 3.63) is 0 Å². The smallest absolute Gasteiger partial charge is 0.226 e. The summed E-state index contributed by atoms with van der Waals surface area (Å²) < 4.78 is 0. The van der Waals surface area contributed by atoms with Crippen LogP contribution in [0.1, 0.15) is 33.1 Å². The molecule has 0 spiro atoms. The van der Waals surface area contributed by atoms with Crippen molar-refractivity contribution in [1.82, 2.24) is 9.80 Å². The van der Waals surface area contributed by atoms with Crippen molar-refractivity contribution < 1.29 is 4.79 Å². The first kappa shape index (κ1) is 9.00. The maximum absolute atomic E-state index is 11.3. The zero-order chi connectivity index (χ0) is 9.64. The highest BCUT2D eigenvalue weighted by molar-refractivity contribution is 5.84. The summed E-state index contributed by atoms with van der Waals surface area (Å²) in [4.78, 5) is 15.6. The number of rotatable bonds is 3. The second kappa shape index (κ2) is 2.71. The summed E-state index contributed by atoms with van der Waals surface area (Å²) >= 11 is 0. The molecule has 1 aliphatic carbocycles. The summed E-state index contributed by atoms with van der Waals surface area (Å²) in [5.74, 6) is 0.303. The van der Waals surface area contributed by atoms with Crippen LogP contribution in [0.25, 0.3) is 0 Å². The maximum Gasteiger partial charge on any atom is 0.226 e. The molecule has 0 atom stereocenters. The van der Waals surface area contributed by atoms with Gasteiger partial charge in [0, 0.05) is 18.0 Å². The molecule has 74 valence electrons. The van der Waals surface area contributed by atoms with Gasteiger partial charge in [-0.05, 0) is 33.7 Å². The molecule has 1 saturated carbocycles. The van der Waals surface area contributed by atoms with Crippen molar-refractivity contribution in [3.63, 3.8) is 0 Å². The lowest BCUT2D eigenvalue weighted by Crippen LogP contribution is -2.62. The zero-order valence-corrected chi connectivity index (χ0v) is 8.71. The van der Waals surface area contributed by atoms with Crippen molar-refractivity contribution in [1.29, 1.82) is 0 Å². The van der Waals surface area contributed by atoms with Gasteiger partial charge in [-0.25, -0.2) is 0 Å². The number of carbonyl (C=O) groups is 1. The predicted molar refractivity (Wildman–Crippen MR) is 51.2 cm³/mol. The monoisotopic (exact) mass is 182 g/mol. The van der Waals surface area contributed by atoms with E-state index in [1.165, 1.54) is 12.8 Å². The molecule has 3 nitrogen and oxygen atoms in total. The number of amides is 1. The van der Waals surface area contributed by atoms with E-state index < -0.39 is 0 Å². The molecule has 2 aliphatic rings. The van der Waals surface area contributed by atoms with Gasteiger partial charge in [0.1, 0.15) is 0 Å². The third-order valence-corrected chi connectivity index (χ3v) is 3.15. The normalized spacial score (nSPS) is 26.5. The van der Waals surface area contributed by atoms with E-state index >= 15 is 0 Å². The largest absolute Gasteiger partial charge is 0.324 e.